The Bertz CT molecular complexity index is 561. The Morgan fingerprint density at radius 2 is 2.14 bits per heavy atom. The van der Waals surface area contributed by atoms with E-state index in [1.807, 2.05) is 20.8 Å². The number of rotatable bonds is 5. The van der Waals surface area contributed by atoms with Crippen LogP contribution >= 0.6 is 0 Å². The maximum atomic E-state index is 13.3. The van der Waals surface area contributed by atoms with Gasteiger partial charge in [0.25, 0.3) is 0 Å². The molecule has 1 rings (SSSR count). The summed E-state index contributed by atoms with van der Waals surface area (Å²) < 4.78 is 13.3. The lowest BCUT2D eigenvalue weighted by atomic mass is 9.96. The van der Waals surface area contributed by atoms with Crippen LogP contribution in [0.5, 0.6) is 0 Å². The molecule has 0 heterocycles. The van der Waals surface area contributed by atoms with Crippen molar-refractivity contribution in [2.45, 2.75) is 27.2 Å². The smallest absolute Gasteiger partial charge is 0.321 e. The van der Waals surface area contributed by atoms with Crippen molar-refractivity contribution in [3.63, 3.8) is 0 Å². The van der Waals surface area contributed by atoms with E-state index in [0.717, 1.165) is 6.07 Å². The van der Waals surface area contributed by atoms with Crippen LogP contribution in [0.3, 0.4) is 0 Å². The van der Waals surface area contributed by atoms with Crippen molar-refractivity contribution in [2.75, 3.05) is 25.0 Å². The third-order valence-corrected chi connectivity index (χ3v) is 2.88. The largest absolute Gasteiger partial charge is 0.396 e. The summed E-state index contributed by atoms with van der Waals surface area (Å²) >= 11 is 0. The van der Waals surface area contributed by atoms with Crippen molar-refractivity contribution < 1.29 is 14.3 Å². The SMILES string of the molecule is CC(C)(C)CN(CCCO)C(=O)Nc1ccc(F)c(C#N)c1. The summed E-state index contributed by atoms with van der Waals surface area (Å²) in [6.45, 7) is 6.98. The van der Waals surface area contributed by atoms with E-state index in [1.54, 1.807) is 11.0 Å². The molecule has 0 unspecified atom stereocenters. The van der Waals surface area contributed by atoms with E-state index < -0.39 is 5.82 Å². The fourth-order valence-corrected chi connectivity index (χ4v) is 1.98. The quantitative estimate of drug-likeness (QED) is 0.878. The van der Waals surface area contributed by atoms with Gasteiger partial charge in [-0.1, -0.05) is 20.8 Å². The van der Waals surface area contributed by atoms with Gasteiger partial charge in [0.1, 0.15) is 11.9 Å². The van der Waals surface area contributed by atoms with Gasteiger partial charge in [-0.2, -0.15) is 5.26 Å². The molecule has 2 amide bonds. The lowest BCUT2D eigenvalue weighted by Gasteiger charge is -2.30. The van der Waals surface area contributed by atoms with Crippen molar-refractivity contribution in [3.05, 3.63) is 29.6 Å². The van der Waals surface area contributed by atoms with E-state index in [9.17, 15) is 9.18 Å². The highest BCUT2D eigenvalue weighted by molar-refractivity contribution is 5.89. The Labute approximate surface area is 130 Å². The summed E-state index contributed by atoms with van der Waals surface area (Å²) in [4.78, 5) is 13.9. The predicted molar refractivity (Wildman–Crippen MR) is 82.9 cm³/mol. The molecule has 0 aliphatic rings. The summed E-state index contributed by atoms with van der Waals surface area (Å²) in [5.41, 5.74) is 0.161. The lowest BCUT2D eigenvalue weighted by molar-refractivity contribution is 0.176. The van der Waals surface area contributed by atoms with Gasteiger partial charge in [0.05, 0.1) is 5.56 Å². The average Bonchev–Trinajstić information content (AvgIpc) is 2.44. The zero-order chi connectivity index (χ0) is 16.8. The van der Waals surface area contributed by atoms with Gasteiger partial charge < -0.3 is 15.3 Å². The highest BCUT2D eigenvalue weighted by Crippen LogP contribution is 2.18. The van der Waals surface area contributed by atoms with Crippen molar-refractivity contribution in [1.82, 2.24) is 4.90 Å². The number of nitrogens with zero attached hydrogens (tertiary/aromatic N) is 2. The van der Waals surface area contributed by atoms with Gasteiger partial charge in [-0.05, 0) is 30.0 Å². The summed E-state index contributed by atoms with van der Waals surface area (Å²) in [6.07, 6.45) is 0.483. The van der Waals surface area contributed by atoms with Crippen LogP contribution in [0.25, 0.3) is 0 Å². The molecule has 0 atom stereocenters. The normalized spacial score (nSPS) is 10.9. The molecule has 0 spiro atoms. The minimum Gasteiger partial charge on any atom is -0.396 e. The highest BCUT2D eigenvalue weighted by Gasteiger charge is 2.21. The Hall–Kier alpha value is -2.13. The first-order chi connectivity index (χ1) is 10.3. The maximum absolute atomic E-state index is 13.3. The van der Waals surface area contributed by atoms with E-state index >= 15 is 0 Å². The fourth-order valence-electron chi connectivity index (χ4n) is 1.98. The second-order valence-electron chi connectivity index (χ2n) is 6.30. The van der Waals surface area contributed by atoms with Gasteiger partial charge in [-0.15, -0.1) is 0 Å². The van der Waals surface area contributed by atoms with E-state index in [4.69, 9.17) is 10.4 Å². The molecule has 1 aromatic carbocycles. The van der Waals surface area contributed by atoms with Crippen molar-refractivity contribution in [3.8, 4) is 6.07 Å². The molecule has 0 radical (unpaired) electrons. The topological polar surface area (TPSA) is 76.4 Å². The number of hydrogen-bond donors (Lipinski definition) is 2. The van der Waals surface area contributed by atoms with E-state index in [2.05, 4.69) is 5.32 Å². The number of aliphatic hydroxyl groups excluding tert-OH is 1. The van der Waals surface area contributed by atoms with Gasteiger partial charge in [-0.25, -0.2) is 9.18 Å². The molecule has 2 N–H and O–H groups in total. The van der Waals surface area contributed by atoms with Crippen LogP contribution in [0.15, 0.2) is 18.2 Å². The predicted octanol–water partition coefficient (Wildman–Crippen LogP) is 2.96. The number of halogens is 1. The van der Waals surface area contributed by atoms with Crippen molar-refractivity contribution in [1.29, 1.82) is 5.26 Å². The Morgan fingerprint density at radius 3 is 2.68 bits per heavy atom. The molecule has 6 heteroatoms. The van der Waals surface area contributed by atoms with E-state index in [-0.39, 0.29) is 23.6 Å². The third-order valence-electron chi connectivity index (χ3n) is 2.88. The molecule has 0 bridgehead atoms. The number of carbonyl (C=O) groups excluding carboxylic acids is 1. The van der Waals surface area contributed by atoms with Crippen LogP contribution in [0.2, 0.25) is 0 Å². The summed E-state index contributed by atoms with van der Waals surface area (Å²) in [5, 5.41) is 20.4. The summed E-state index contributed by atoms with van der Waals surface area (Å²) in [7, 11) is 0. The molecule has 0 aliphatic carbocycles. The average molecular weight is 307 g/mol. The van der Waals surface area contributed by atoms with Crippen molar-refractivity contribution >= 4 is 11.7 Å². The second-order valence-corrected chi connectivity index (χ2v) is 6.30. The van der Waals surface area contributed by atoms with Gasteiger partial charge in [0.2, 0.25) is 0 Å². The first-order valence-electron chi connectivity index (χ1n) is 7.13. The van der Waals surface area contributed by atoms with Gasteiger partial charge in [0, 0.05) is 25.4 Å². The van der Waals surface area contributed by atoms with Gasteiger partial charge in [0.15, 0.2) is 0 Å². The number of anilines is 1. The minimum atomic E-state index is -0.618. The first kappa shape index (κ1) is 17.9. The van der Waals surface area contributed by atoms with E-state index in [1.165, 1.54) is 12.1 Å². The Balaban J connectivity index is 2.84. The first-order valence-corrected chi connectivity index (χ1v) is 7.13. The third kappa shape index (κ3) is 5.70. The van der Waals surface area contributed by atoms with Crippen molar-refractivity contribution in [2.24, 2.45) is 5.41 Å². The molecule has 0 saturated carbocycles. The minimum absolute atomic E-state index is 0.00303. The Kier molecular flexibility index (Phi) is 6.32. The number of nitrogens with one attached hydrogen (secondary N) is 1. The molecule has 0 aliphatic heterocycles. The highest BCUT2D eigenvalue weighted by atomic mass is 19.1. The molecular weight excluding hydrogens is 285 g/mol. The monoisotopic (exact) mass is 307 g/mol. The number of benzene rings is 1. The van der Waals surface area contributed by atoms with Crippen LogP contribution in [0.1, 0.15) is 32.8 Å². The summed E-state index contributed by atoms with van der Waals surface area (Å²) in [6, 6.07) is 5.26. The number of amides is 2. The maximum Gasteiger partial charge on any atom is 0.321 e. The van der Waals surface area contributed by atoms with Crippen LogP contribution in [0.4, 0.5) is 14.9 Å². The van der Waals surface area contributed by atoms with Crippen LogP contribution < -0.4 is 5.32 Å². The molecule has 5 nitrogen and oxygen atoms in total. The molecule has 1 aromatic rings. The molecule has 0 fully saturated rings. The number of carbonyl (C=O) groups is 1. The van der Waals surface area contributed by atoms with E-state index in [0.29, 0.717) is 25.2 Å². The molecule has 0 aromatic heterocycles. The number of urea groups is 1. The standard InChI is InChI=1S/C16H22FN3O2/c1-16(2,3)11-20(7-4-8-21)15(22)19-13-5-6-14(17)12(9-13)10-18/h5-6,9,21H,4,7-8,11H2,1-3H3,(H,19,22). The molecule has 0 saturated heterocycles. The van der Waals surface area contributed by atoms with Crippen LogP contribution in [0, 0.1) is 22.6 Å². The van der Waals surface area contributed by atoms with Gasteiger partial charge >= 0.3 is 6.03 Å². The molecule has 22 heavy (non-hydrogen) atoms. The number of hydrogen-bond acceptors (Lipinski definition) is 3. The summed E-state index contributed by atoms with van der Waals surface area (Å²) in [5.74, 6) is -0.618. The molecular formula is C16H22FN3O2. The number of nitriles is 1. The number of aliphatic hydroxyl groups is 1. The lowest BCUT2D eigenvalue weighted by Crippen LogP contribution is -2.41. The second kappa shape index (κ2) is 7.76. The zero-order valence-corrected chi connectivity index (χ0v) is 13.2. The van der Waals surface area contributed by atoms with Gasteiger partial charge in [-0.3, -0.25) is 0 Å². The zero-order valence-electron chi connectivity index (χ0n) is 13.2. The Morgan fingerprint density at radius 1 is 1.45 bits per heavy atom. The fraction of sp³-hybridized carbons (Fsp3) is 0.500. The van der Waals surface area contributed by atoms with Crippen LogP contribution in [-0.2, 0) is 0 Å². The van der Waals surface area contributed by atoms with Crippen LogP contribution in [-0.4, -0.2) is 35.7 Å². The molecule has 120 valence electrons.